The number of carbonyl (C=O) groups is 4. The van der Waals surface area contributed by atoms with Gasteiger partial charge in [0.1, 0.15) is 26.4 Å². The molecular formula is C24H36N2O8. The lowest BCUT2D eigenvalue weighted by atomic mass is 9.87. The van der Waals surface area contributed by atoms with Crippen molar-refractivity contribution in [2.24, 2.45) is 23.7 Å². The number of hydrogen-bond donors (Lipinski definition) is 2. The Bertz CT molecular complexity index is 781. The summed E-state index contributed by atoms with van der Waals surface area (Å²) in [7, 11) is 0. The molecule has 0 aromatic heterocycles. The largest absolute Gasteiger partial charge is 0.459 e. The van der Waals surface area contributed by atoms with E-state index in [0.29, 0.717) is 47.9 Å². The van der Waals surface area contributed by atoms with Crippen LogP contribution in [-0.4, -0.2) is 63.6 Å². The van der Waals surface area contributed by atoms with E-state index < -0.39 is 24.1 Å². The first kappa shape index (κ1) is 27.2. The lowest BCUT2D eigenvalue weighted by molar-refractivity contribution is -0.140. The van der Waals surface area contributed by atoms with Crippen LogP contribution in [0.2, 0.25) is 0 Å². The third kappa shape index (κ3) is 8.72. The predicted molar refractivity (Wildman–Crippen MR) is 123 cm³/mol. The number of ether oxygens (including phenoxy) is 4. The standard InChI is InChI=1S/C24H36N2O8/c1-15(2)21(27)31-9-11-33-23(29)25-8-7-20-17-5-6-19(20)18(13-17)14-26-24(30)34-12-10-32-22(28)16(3)4/h17-20H,1,3,5-14H2,2,4H3,(H,25,29)(H,26,30). The van der Waals surface area contributed by atoms with Crippen molar-refractivity contribution in [2.45, 2.75) is 39.5 Å². The summed E-state index contributed by atoms with van der Waals surface area (Å²) in [6.07, 6.45) is 3.12. The van der Waals surface area contributed by atoms with Crippen LogP contribution in [0.5, 0.6) is 0 Å². The number of rotatable bonds is 13. The fourth-order valence-corrected chi connectivity index (χ4v) is 4.75. The Morgan fingerprint density at radius 1 is 0.794 bits per heavy atom. The summed E-state index contributed by atoms with van der Waals surface area (Å²) in [4.78, 5) is 46.3. The Labute approximate surface area is 200 Å². The van der Waals surface area contributed by atoms with Crippen LogP contribution in [0.4, 0.5) is 9.59 Å². The minimum absolute atomic E-state index is 0.00953. The molecule has 10 nitrogen and oxygen atoms in total. The molecular weight excluding hydrogens is 444 g/mol. The molecule has 2 amide bonds. The number of fused-ring (bicyclic) bond motifs is 2. The van der Waals surface area contributed by atoms with Crippen molar-refractivity contribution in [3.8, 4) is 0 Å². The van der Waals surface area contributed by atoms with Crippen LogP contribution in [0.1, 0.15) is 39.5 Å². The molecule has 0 spiro atoms. The number of nitrogens with one attached hydrogen (secondary N) is 2. The predicted octanol–water partition coefficient (Wildman–Crippen LogP) is 2.73. The maximum Gasteiger partial charge on any atom is 0.407 e. The van der Waals surface area contributed by atoms with Gasteiger partial charge in [-0.3, -0.25) is 0 Å². The molecule has 2 aliphatic rings. The zero-order valence-corrected chi connectivity index (χ0v) is 20.1. The number of esters is 2. The molecule has 2 aliphatic carbocycles. The van der Waals surface area contributed by atoms with E-state index in [1.54, 1.807) is 13.8 Å². The maximum atomic E-state index is 11.9. The molecule has 0 heterocycles. The van der Waals surface area contributed by atoms with E-state index >= 15 is 0 Å². The minimum Gasteiger partial charge on any atom is -0.459 e. The molecule has 2 saturated carbocycles. The molecule has 10 heteroatoms. The summed E-state index contributed by atoms with van der Waals surface area (Å²) in [5.74, 6) is 0.953. The van der Waals surface area contributed by atoms with Crippen LogP contribution in [0.25, 0.3) is 0 Å². The summed E-state index contributed by atoms with van der Waals surface area (Å²) in [6.45, 7) is 11.1. The second-order valence-electron chi connectivity index (χ2n) is 8.86. The van der Waals surface area contributed by atoms with Gasteiger partial charge >= 0.3 is 24.1 Å². The number of amides is 2. The summed E-state index contributed by atoms with van der Waals surface area (Å²) < 4.78 is 19.8. The van der Waals surface area contributed by atoms with Gasteiger partial charge in [0.25, 0.3) is 0 Å². The van der Waals surface area contributed by atoms with Crippen LogP contribution in [0, 0.1) is 23.7 Å². The van der Waals surface area contributed by atoms with Crippen molar-refractivity contribution in [3.63, 3.8) is 0 Å². The topological polar surface area (TPSA) is 129 Å². The first-order chi connectivity index (χ1) is 16.2. The van der Waals surface area contributed by atoms with Crippen molar-refractivity contribution in [2.75, 3.05) is 39.5 Å². The molecule has 4 unspecified atom stereocenters. The third-order valence-corrected chi connectivity index (χ3v) is 6.29. The lowest BCUT2D eigenvalue weighted by Crippen LogP contribution is -2.33. The Hall–Kier alpha value is -3.04. The minimum atomic E-state index is -0.536. The number of carbonyl (C=O) groups excluding carboxylic acids is 4. The van der Waals surface area contributed by atoms with Crippen LogP contribution >= 0.6 is 0 Å². The molecule has 2 N–H and O–H groups in total. The van der Waals surface area contributed by atoms with Crippen LogP contribution < -0.4 is 10.6 Å². The molecule has 2 rings (SSSR count). The van der Waals surface area contributed by atoms with E-state index in [0.717, 1.165) is 19.3 Å². The van der Waals surface area contributed by atoms with Crippen molar-refractivity contribution in [1.29, 1.82) is 0 Å². The average molecular weight is 481 g/mol. The highest BCUT2D eigenvalue weighted by molar-refractivity contribution is 5.87. The molecule has 0 saturated heterocycles. The highest BCUT2D eigenvalue weighted by Gasteiger charge is 2.47. The van der Waals surface area contributed by atoms with Gasteiger partial charge in [-0.05, 0) is 63.2 Å². The molecule has 0 aliphatic heterocycles. The molecule has 2 bridgehead atoms. The van der Waals surface area contributed by atoms with Gasteiger partial charge in [0.2, 0.25) is 0 Å². The third-order valence-electron chi connectivity index (χ3n) is 6.29. The second kappa shape index (κ2) is 13.6. The molecule has 0 aromatic carbocycles. The van der Waals surface area contributed by atoms with E-state index in [1.807, 2.05) is 0 Å². The van der Waals surface area contributed by atoms with Crippen molar-refractivity contribution < 1.29 is 38.1 Å². The van der Waals surface area contributed by atoms with Gasteiger partial charge in [-0.2, -0.15) is 0 Å². The molecule has 0 aromatic rings. The van der Waals surface area contributed by atoms with Crippen LogP contribution in [0.3, 0.4) is 0 Å². The highest BCUT2D eigenvalue weighted by Crippen LogP contribution is 2.53. The smallest absolute Gasteiger partial charge is 0.407 e. The Kier molecular flexibility index (Phi) is 10.9. The Balaban J connectivity index is 1.57. The summed E-state index contributed by atoms with van der Waals surface area (Å²) >= 11 is 0. The SMILES string of the molecule is C=C(C)C(=O)OCCOC(=O)NCCC1C2CCC1C(CNC(=O)OCCOC(=O)C(=C)C)C2. The van der Waals surface area contributed by atoms with Gasteiger partial charge in [0, 0.05) is 24.2 Å². The van der Waals surface area contributed by atoms with Gasteiger partial charge in [-0.1, -0.05) is 13.2 Å². The Morgan fingerprint density at radius 2 is 1.32 bits per heavy atom. The van der Waals surface area contributed by atoms with Gasteiger partial charge in [-0.25, -0.2) is 19.2 Å². The van der Waals surface area contributed by atoms with Gasteiger partial charge < -0.3 is 29.6 Å². The monoisotopic (exact) mass is 480 g/mol. The van der Waals surface area contributed by atoms with Crippen LogP contribution in [-0.2, 0) is 28.5 Å². The van der Waals surface area contributed by atoms with Crippen molar-refractivity contribution in [1.82, 2.24) is 10.6 Å². The highest BCUT2D eigenvalue weighted by atomic mass is 16.6. The van der Waals surface area contributed by atoms with Gasteiger partial charge in [0.15, 0.2) is 0 Å². The number of hydrogen-bond acceptors (Lipinski definition) is 8. The van der Waals surface area contributed by atoms with E-state index in [1.165, 1.54) is 6.42 Å². The normalized spacial score (nSPS) is 22.4. The fourth-order valence-electron chi connectivity index (χ4n) is 4.75. The quantitative estimate of drug-likeness (QED) is 0.178. The average Bonchev–Trinajstić information content (AvgIpc) is 3.34. The van der Waals surface area contributed by atoms with Crippen LogP contribution in [0.15, 0.2) is 24.3 Å². The number of alkyl carbamates (subject to hydrolysis) is 2. The molecule has 0 radical (unpaired) electrons. The summed E-state index contributed by atoms with van der Waals surface area (Å²) in [5.41, 5.74) is 0.589. The van der Waals surface area contributed by atoms with E-state index in [2.05, 4.69) is 23.8 Å². The lowest BCUT2D eigenvalue weighted by Gasteiger charge is -2.22. The van der Waals surface area contributed by atoms with Crippen molar-refractivity contribution >= 4 is 24.1 Å². The molecule has 190 valence electrons. The van der Waals surface area contributed by atoms with E-state index in [9.17, 15) is 19.2 Å². The van der Waals surface area contributed by atoms with Crippen molar-refractivity contribution in [3.05, 3.63) is 24.3 Å². The fraction of sp³-hybridized carbons (Fsp3) is 0.667. The maximum absolute atomic E-state index is 11.9. The zero-order valence-electron chi connectivity index (χ0n) is 20.1. The van der Waals surface area contributed by atoms with Gasteiger partial charge in [0.05, 0.1) is 0 Å². The molecule has 34 heavy (non-hydrogen) atoms. The first-order valence-corrected chi connectivity index (χ1v) is 11.7. The molecule has 2 fully saturated rings. The summed E-state index contributed by atoms with van der Waals surface area (Å²) in [6, 6.07) is 0. The van der Waals surface area contributed by atoms with E-state index in [4.69, 9.17) is 18.9 Å². The summed E-state index contributed by atoms with van der Waals surface area (Å²) in [5, 5.41) is 5.56. The zero-order chi connectivity index (χ0) is 25.1. The molecule has 4 atom stereocenters. The van der Waals surface area contributed by atoms with E-state index in [-0.39, 0.29) is 26.4 Å². The first-order valence-electron chi connectivity index (χ1n) is 11.7. The second-order valence-corrected chi connectivity index (χ2v) is 8.86. The Morgan fingerprint density at radius 3 is 1.88 bits per heavy atom. The van der Waals surface area contributed by atoms with Gasteiger partial charge in [-0.15, -0.1) is 0 Å².